The summed E-state index contributed by atoms with van der Waals surface area (Å²) in [5.74, 6) is 4.42. The molecule has 4 unspecified atom stereocenters. The lowest BCUT2D eigenvalue weighted by molar-refractivity contribution is -0.141. The largest absolute Gasteiger partial charge is 0.0596 e. The third-order valence-corrected chi connectivity index (χ3v) is 8.92. The highest BCUT2D eigenvalue weighted by Crippen LogP contribution is 2.76. The third-order valence-electron chi connectivity index (χ3n) is 8.92. The van der Waals surface area contributed by atoms with Crippen LogP contribution in [0.25, 0.3) is 0 Å². The minimum atomic E-state index is 0.711. The molecule has 21 heavy (non-hydrogen) atoms. The molecule has 1 spiro atoms. The maximum atomic E-state index is 2.53. The van der Waals surface area contributed by atoms with Crippen LogP contribution in [0.2, 0.25) is 0 Å². The van der Waals surface area contributed by atoms with Crippen molar-refractivity contribution in [3.63, 3.8) is 0 Å². The molecule has 0 N–H and O–H groups in total. The van der Waals surface area contributed by atoms with Crippen LogP contribution in [0.5, 0.6) is 0 Å². The maximum absolute atomic E-state index is 2.53. The van der Waals surface area contributed by atoms with E-state index in [4.69, 9.17) is 0 Å². The van der Waals surface area contributed by atoms with Crippen LogP contribution in [0.1, 0.15) is 91.9 Å². The van der Waals surface area contributed by atoms with Gasteiger partial charge < -0.3 is 0 Å². The van der Waals surface area contributed by atoms with E-state index in [1.54, 1.807) is 32.1 Å². The van der Waals surface area contributed by atoms with E-state index in [9.17, 15) is 0 Å². The Balaban J connectivity index is 0.000000115. The monoisotopic (exact) mass is 288 g/mol. The molecular formula is C21H36. The molecule has 0 aromatic rings. The van der Waals surface area contributed by atoms with Gasteiger partial charge in [-0.2, -0.15) is 0 Å². The van der Waals surface area contributed by atoms with Gasteiger partial charge in [0.05, 0.1) is 0 Å². The van der Waals surface area contributed by atoms with Crippen LogP contribution in [0.15, 0.2) is 0 Å². The van der Waals surface area contributed by atoms with Gasteiger partial charge in [-0.05, 0) is 84.9 Å². The molecule has 5 aliphatic carbocycles. The zero-order valence-electron chi connectivity index (χ0n) is 14.9. The van der Waals surface area contributed by atoms with Gasteiger partial charge in [0, 0.05) is 0 Å². The van der Waals surface area contributed by atoms with Gasteiger partial charge in [-0.25, -0.2) is 0 Å². The van der Waals surface area contributed by atoms with Crippen molar-refractivity contribution >= 4 is 0 Å². The van der Waals surface area contributed by atoms with Crippen LogP contribution in [0, 0.1) is 39.9 Å². The molecule has 0 saturated heterocycles. The molecule has 0 radical (unpaired) electrons. The van der Waals surface area contributed by atoms with Gasteiger partial charge in [0.1, 0.15) is 0 Å². The second kappa shape index (κ2) is 4.51. The summed E-state index contributed by atoms with van der Waals surface area (Å²) in [6, 6.07) is 0. The van der Waals surface area contributed by atoms with Crippen LogP contribution >= 0.6 is 0 Å². The number of fused-ring (bicyclic) bond motifs is 2. The summed E-state index contributed by atoms with van der Waals surface area (Å²) in [6.45, 7) is 9.93. The van der Waals surface area contributed by atoms with Gasteiger partial charge in [0.25, 0.3) is 0 Å². The summed E-state index contributed by atoms with van der Waals surface area (Å²) in [4.78, 5) is 0. The fraction of sp³-hybridized carbons (Fsp3) is 1.00. The molecule has 0 heterocycles. The van der Waals surface area contributed by atoms with Gasteiger partial charge in [-0.3, -0.25) is 0 Å². The standard InChI is InChI=1S/C12H20.C9H16/c1-11(2)9-5-3-7-12(9)8-4-6-10(11)12;1-9(2)6-7-3-4-8(9)5-7/h9-10H,3-8H2,1-2H3;7-8H,3-6H2,1-2H3. The second-order valence-corrected chi connectivity index (χ2v) is 10.5. The third kappa shape index (κ3) is 1.93. The van der Waals surface area contributed by atoms with Crippen molar-refractivity contribution in [3.8, 4) is 0 Å². The van der Waals surface area contributed by atoms with E-state index in [0.717, 1.165) is 29.1 Å². The molecule has 0 heteroatoms. The van der Waals surface area contributed by atoms with E-state index in [0.29, 0.717) is 10.8 Å². The predicted octanol–water partition coefficient (Wildman–Crippen LogP) is 6.45. The highest BCUT2D eigenvalue weighted by atomic mass is 14.7. The van der Waals surface area contributed by atoms with Gasteiger partial charge in [-0.15, -0.1) is 0 Å². The summed E-state index contributed by atoms with van der Waals surface area (Å²) in [6.07, 6.45) is 15.4. The van der Waals surface area contributed by atoms with Crippen molar-refractivity contribution in [2.45, 2.75) is 91.9 Å². The summed E-state index contributed by atoms with van der Waals surface area (Å²) in [5, 5.41) is 0. The van der Waals surface area contributed by atoms with E-state index >= 15 is 0 Å². The van der Waals surface area contributed by atoms with Gasteiger partial charge in [0.15, 0.2) is 0 Å². The number of rotatable bonds is 0. The van der Waals surface area contributed by atoms with Crippen molar-refractivity contribution < 1.29 is 0 Å². The molecule has 5 aliphatic rings. The van der Waals surface area contributed by atoms with Crippen LogP contribution in [-0.4, -0.2) is 0 Å². The van der Waals surface area contributed by atoms with Crippen molar-refractivity contribution in [1.82, 2.24) is 0 Å². The highest BCUT2D eigenvalue weighted by molar-refractivity contribution is 5.17. The molecule has 120 valence electrons. The molecule has 0 nitrogen and oxygen atoms in total. The van der Waals surface area contributed by atoms with E-state index in [-0.39, 0.29) is 0 Å². The first-order valence-electron chi connectivity index (χ1n) is 9.86. The molecule has 5 rings (SSSR count). The number of hydrogen-bond acceptors (Lipinski definition) is 0. The maximum Gasteiger partial charge on any atom is -0.0230 e. The Labute approximate surface area is 132 Å². The summed E-state index contributed by atoms with van der Waals surface area (Å²) in [5.41, 5.74) is 2.30. The first-order chi connectivity index (χ1) is 9.86. The average Bonchev–Trinajstić information content (AvgIpc) is 3.14. The minimum absolute atomic E-state index is 0.711. The normalized spacial score (nSPS) is 50.9. The first-order valence-corrected chi connectivity index (χ1v) is 9.86. The molecule has 0 aromatic heterocycles. The molecule has 5 saturated carbocycles. The Hall–Kier alpha value is 0. The van der Waals surface area contributed by atoms with E-state index in [1.165, 1.54) is 32.1 Å². The highest BCUT2D eigenvalue weighted by Gasteiger charge is 2.68. The van der Waals surface area contributed by atoms with E-state index in [1.807, 2.05) is 0 Å². The Morgan fingerprint density at radius 1 is 0.762 bits per heavy atom. The van der Waals surface area contributed by atoms with E-state index < -0.39 is 0 Å². The fourth-order valence-corrected chi connectivity index (χ4v) is 8.16. The molecule has 0 aromatic carbocycles. The van der Waals surface area contributed by atoms with Gasteiger partial charge >= 0.3 is 0 Å². The molecular weight excluding hydrogens is 252 g/mol. The van der Waals surface area contributed by atoms with Gasteiger partial charge in [0.2, 0.25) is 0 Å². The van der Waals surface area contributed by atoms with Crippen LogP contribution < -0.4 is 0 Å². The lowest BCUT2D eigenvalue weighted by atomic mass is 9.42. The molecule has 4 atom stereocenters. The minimum Gasteiger partial charge on any atom is -0.0596 e. The molecule has 0 amide bonds. The summed E-state index contributed by atoms with van der Waals surface area (Å²) < 4.78 is 0. The second-order valence-electron chi connectivity index (χ2n) is 10.5. The summed E-state index contributed by atoms with van der Waals surface area (Å²) >= 11 is 0. The Morgan fingerprint density at radius 3 is 1.76 bits per heavy atom. The van der Waals surface area contributed by atoms with Crippen LogP contribution in [-0.2, 0) is 0 Å². The van der Waals surface area contributed by atoms with Gasteiger partial charge in [-0.1, -0.05) is 47.0 Å². The fourth-order valence-electron chi connectivity index (χ4n) is 8.16. The first kappa shape index (κ1) is 14.6. The zero-order chi connectivity index (χ0) is 14.9. The number of hydrogen-bond donors (Lipinski definition) is 0. The Bertz CT molecular complexity index is 394. The lowest BCUT2D eigenvalue weighted by Crippen LogP contribution is -2.56. The van der Waals surface area contributed by atoms with Crippen molar-refractivity contribution in [1.29, 1.82) is 0 Å². The molecule has 2 bridgehead atoms. The van der Waals surface area contributed by atoms with Crippen LogP contribution in [0.4, 0.5) is 0 Å². The SMILES string of the molecule is CC1(C)C2CCCC23CCCC13.CC1(C)CC2CCC1C2. The Morgan fingerprint density at radius 2 is 1.38 bits per heavy atom. The van der Waals surface area contributed by atoms with Crippen molar-refractivity contribution in [2.75, 3.05) is 0 Å². The average molecular weight is 289 g/mol. The summed E-state index contributed by atoms with van der Waals surface area (Å²) in [7, 11) is 0. The van der Waals surface area contributed by atoms with E-state index in [2.05, 4.69) is 27.7 Å². The molecule has 5 fully saturated rings. The topological polar surface area (TPSA) is 0 Å². The molecule has 0 aliphatic heterocycles. The Kier molecular flexibility index (Phi) is 3.13. The van der Waals surface area contributed by atoms with Crippen molar-refractivity contribution in [3.05, 3.63) is 0 Å². The zero-order valence-corrected chi connectivity index (χ0v) is 14.9. The smallest absolute Gasteiger partial charge is 0.0230 e. The predicted molar refractivity (Wildman–Crippen MR) is 90.1 cm³/mol. The van der Waals surface area contributed by atoms with Crippen molar-refractivity contribution in [2.24, 2.45) is 39.9 Å². The lowest BCUT2D eigenvalue weighted by Gasteiger charge is -2.62. The van der Waals surface area contributed by atoms with Crippen LogP contribution in [0.3, 0.4) is 0 Å². The quantitative estimate of drug-likeness (QED) is 0.481.